The summed E-state index contributed by atoms with van der Waals surface area (Å²) in [6.07, 6.45) is 0. The number of nitrogens with one attached hydrogen (secondary N) is 3. The van der Waals surface area contributed by atoms with Crippen molar-refractivity contribution in [2.75, 3.05) is 21.7 Å². The van der Waals surface area contributed by atoms with E-state index in [1.54, 1.807) is 6.07 Å². The van der Waals surface area contributed by atoms with Crippen molar-refractivity contribution in [3.05, 3.63) is 77.6 Å². The van der Waals surface area contributed by atoms with Crippen LogP contribution >= 0.6 is 23.1 Å². The van der Waals surface area contributed by atoms with E-state index < -0.39 is 0 Å². The van der Waals surface area contributed by atoms with Gasteiger partial charge in [0, 0.05) is 17.1 Å². The lowest BCUT2D eigenvalue weighted by molar-refractivity contribution is -0.113. The van der Waals surface area contributed by atoms with Crippen molar-refractivity contribution >= 4 is 62.3 Å². The molecular weight excluding hydrogens is 459 g/mol. The lowest BCUT2D eigenvalue weighted by atomic mass is 10.1. The largest absolute Gasteiger partial charge is 0.325 e. The molecule has 6 nitrogen and oxygen atoms in total. The van der Waals surface area contributed by atoms with Gasteiger partial charge in [0.15, 0.2) is 4.34 Å². The second-order valence-corrected chi connectivity index (χ2v) is 9.64. The van der Waals surface area contributed by atoms with Gasteiger partial charge >= 0.3 is 6.03 Å². The molecule has 0 radical (unpaired) electrons. The average Bonchev–Trinajstić information content (AvgIpc) is 3.19. The molecule has 0 bridgehead atoms. The van der Waals surface area contributed by atoms with Gasteiger partial charge in [-0.25, -0.2) is 14.2 Å². The Morgan fingerprint density at radius 2 is 1.55 bits per heavy atom. The number of hydrogen-bond acceptors (Lipinski definition) is 5. The third-order valence-corrected chi connectivity index (χ3v) is 7.01. The van der Waals surface area contributed by atoms with Crippen LogP contribution in [0.1, 0.15) is 11.1 Å². The van der Waals surface area contributed by atoms with Gasteiger partial charge < -0.3 is 16.0 Å². The number of hydrogen-bond donors (Lipinski definition) is 3. The molecule has 3 amide bonds. The summed E-state index contributed by atoms with van der Waals surface area (Å²) in [6, 6.07) is 16.5. The number of amides is 3. The van der Waals surface area contributed by atoms with Gasteiger partial charge in [-0.2, -0.15) is 0 Å². The van der Waals surface area contributed by atoms with Crippen LogP contribution in [0.5, 0.6) is 0 Å². The first-order valence-corrected chi connectivity index (χ1v) is 11.9. The maximum atomic E-state index is 13.0. The van der Waals surface area contributed by atoms with Gasteiger partial charge in [-0.3, -0.25) is 4.79 Å². The number of fused-ring (bicyclic) bond motifs is 1. The Balaban J connectivity index is 1.34. The normalized spacial score (nSPS) is 10.8. The number of carbonyl (C=O) groups is 2. The molecule has 3 aromatic carbocycles. The van der Waals surface area contributed by atoms with Crippen LogP contribution in [0.4, 0.5) is 26.2 Å². The van der Waals surface area contributed by atoms with Crippen LogP contribution in [0.3, 0.4) is 0 Å². The highest BCUT2D eigenvalue weighted by Gasteiger charge is 2.10. The Morgan fingerprint density at radius 1 is 0.879 bits per heavy atom. The Bertz CT molecular complexity index is 1320. The fraction of sp³-hybridized carbons (Fsp3) is 0.125. The summed E-state index contributed by atoms with van der Waals surface area (Å²) in [5, 5.41) is 8.40. The van der Waals surface area contributed by atoms with E-state index in [0.29, 0.717) is 11.4 Å². The molecule has 33 heavy (non-hydrogen) atoms. The number of halogens is 1. The van der Waals surface area contributed by atoms with Crippen molar-refractivity contribution in [1.82, 2.24) is 4.98 Å². The van der Waals surface area contributed by atoms with Crippen molar-refractivity contribution in [2.24, 2.45) is 0 Å². The van der Waals surface area contributed by atoms with Crippen LogP contribution in [-0.2, 0) is 4.79 Å². The highest BCUT2D eigenvalue weighted by Crippen LogP contribution is 2.31. The molecule has 0 saturated heterocycles. The topological polar surface area (TPSA) is 83.1 Å². The van der Waals surface area contributed by atoms with Crippen molar-refractivity contribution in [3.8, 4) is 0 Å². The summed E-state index contributed by atoms with van der Waals surface area (Å²) in [7, 11) is 0. The fourth-order valence-electron chi connectivity index (χ4n) is 3.01. The van der Waals surface area contributed by atoms with Crippen molar-refractivity contribution < 1.29 is 14.0 Å². The predicted molar refractivity (Wildman–Crippen MR) is 134 cm³/mol. The van der Waals surface area contributed by atoms with E-state index in [-0.39, 0.29) is 23.5 Å². The maximum absolute atomic E-state index is 13.0. The van der Waals surface area contributed by atoms with E-state index in [0.717, 1.165) is 25.8 Å². The summed E-state index contributed by atoms with van der Waals surface area (Å²) in [5.74, 6) is -0.370. The number of nitrogens with zero attached hydrogens (tertiary/aromatic N) is 1. The molecule has 1 aromatic heterocycles. The number of thiazole rings is 1. The summed E-state index contributed by atoms with van der Waals surface area (Å²) in [6.45, 7) is 4.02. The van der Waals surface area contributed by atoms with E-state index in [4.69, 9.17) is 0 Å². The molecule has 0 aliphatic carbocycles. The first kappa shape index (κ1) is 22.8. The first-order valence-electron chi connectivity index (χ1n) is 10.1. The van der Waals surface area contributed by atoms with Crippen LogP contribution in [0, 0.1) is 19.7 Å². The van der Waals surface area contributed by atoms with Crippen molar-refractivity contribution in [1.29, 1.82) is 0 Å². The van der Waals surface area contributed by atoms with Crippen LogP contribution in [0.25, 0.3) is 10.2 Å². The van der Waals surface area contributed by atoms with Gasteiger partial charge in [-0.05, 0) is 79.6 Å². The minimum Gasteiger partial charge on any atom is -0.325 e. The van der Waals surface area contributed by atoms with Crippen LogP contribution in [-0.4, -0.2) is 22.7 Å². The predicted octanol–water partition coefficient (Wildman–Crippen LogP) is 6.43. The van der Waals surface area contributed by atoms with Gasteiger partial charge in [0.2, 0.25) is 5.91 Å². The zero-order chi connectivity index (χ0) is 23.4. The molecule has 0 fully saturated rings. The average molecular weight is 481 g/mol. The van der Waals surface area contributed by atoms with Crippen molar-refractivity contribution in [2.45, 2.75) is 18.2 Å². The van der Waals surface area contributed by atoms with E-state index in [2.05, 4.69) is 20.9 Å². The SMILES string of the molecule is Cc1ccc(NC(=O)Nc2ccc3nc(SCC(=O)Nc4ccc(F)cc4)sc3c2)cc1C. The lowest BCUT2D eigenvalue weighted by Crippen LogP contribution is -2.19. The second kappa shape index (κ2) is 10.0. The van der Waals surface area contributed by atoms with Crippen LogP contribution < -0.4 is 16.0 Å². The fourth-order valence-corrected chi connectivity index (χ4v) is 4.92. The summed E-state index contributed by atoms with van der Waals surface area (Å²) in [5.41, 5.74) is 4.99. The third kappa shape index (κ3) is 6.09. The van der Waals surface area contributed by atoms with E-state index in [1.165, 1.54) is 52.9 Å². The molecule has 4 rings (SSSR count). The van der Waals surface area contributed by atoms with Gasteiger partial charge in [0.1, 0.15) is 5.82 Å². The van der Waals surface area contributed by atoms with Gasteiger partial charge in [-0.1, -0.05) is 17.8 Å². The number of aromatic nitrogens is 1. The van der Waals surface area contributed by atoms with E-state index in [1.807, 2.05) is 44.2 Å². The highest BCUT2D eigenvalue weighted by molar-refractivity contribution is 8.01. The minimum absolute atomic E-state index is 0.181. The molecule has 0 aliphatic heterocycles. The zero-order valence-corrected chi connectivity index (χ0v) is 19.6. The number of carbonyl (C=O) groups excluding carboxylic acids is 2. The number of benzene rings is 3. The van der Waals surface area contributed by atoms with Crippen molar-refractivity contribution in [3.63, 3.8) is 0 Å². The van der Waals surface area contributed by atoms with E-state index >= 15 is 0 Å². The standard InChI is InChI=1S/C24H21FN4O2S2/c1-14-3-6-18(11-15(14)2)27-23(31)28-19-9-10-20-21(12-19)33-24(29-20)32-13-22(30)26-17-7-4-16(25)5-8-17/h3-12H,13H2,1-2H3,(H,26,30)(H2,27,28,31). The summed E-state index contributed by atoms with van der Waals surface area (Å²) >= 11 is 2.77. The Kier molecular flexibility index (Phi) is 6.90. The number of thioether (sulfide) groups is 1. The molecule has 0 unspecified atom stereocenters. The zero-order valence-electron chi connectivity index (χ0n) is 17.9. The number of anilines is 3. The molecule has 4 aromatic rings. The summed E-state index contributed by atoms with van der Waals surface area (Å²) in [4.78, 5) is 29.0. The molecular formula is C24H21FN4O2S2. The van der Waals surface area contributed by atoms with Gasteiger partial charge in [-0.15, -0.1) is 11.3 Å². The molecule has 168 valence electrons. The Labute approximate surface area is 198 Å². The number of aryl methyl sites for hydroxylation is 2. The third-order valence-electron chi connectivity index (χ3n) is 4.85. The summed E-state index contributed by atoms with van der Waals surface area (Å²) < 4.78 is 14.6. The van der Waals surface area contributed by atoms with Crippen LogP contribution in [0.2, 0.25) is 0 Å². The second-order valence-electron chi connectivity index (χ2n) is 7.38. The lowest BCUT2D eigenvalue weighted by Gasteiger charge is -2.09. The molecule has 3 N–H and O–H groups in total. The Morgan fingerprint density at radius 3 is 2.27 bits per heavy atom. The molecule has 1 heterocycles. The molecule has 0 aliphatic rings. The van der Waals surface area contributed by atoms with Gasteiger partial charge in [0.05, 0.1) is 16.0 Å². The molecule has 0 spiro atoms. The first-order chi connectivity index (χ1) is 15.9. The molecule has 0 saturated carbocycles. The molecule has 9 heteroatoms. The minimum atomic E-state index is -0.353. The monoisotopic (exact) mass is 480 g/mol. The number of urea groups is 1. The maximum Gasteiger partial charge on any atom is 0.323 e. The van der Waals surface area contributed by atoms with E-state index in [9.17, 15) is 14.0 Å². The highest BCUT2D eigenvalue weighted by atomic mass is 32.2. The number of rotatable bonds is 6. The molecule has 0 atom stereocenters. The smallest absolute Gasteiger partial charge is 0.323 e. The van der Waals surface area contributed by atoms with Gasteiger partial charge in [0.25, 0.3) is 0 Å². The Hall–Kier alpha value is -3.43. The van der Waals surface area contributed by atoms with Crippen LogP contribution in [0.15, 0.2) is 65.0 Å². The quantitative estimate of drug-likeness (QED) is 0.278.